The van der Waals surface area contributed by atoms with Crippen LogP contribution in [0.25, 0.3) is 44.0 Å². The van der Waals surface area contributed by atoms with Gasteiger partial charge in [0, 0.05) is 52.5 Å². The van der Waals surface area contributed by atoms with Gasteiger partial charge in [-0.15, -0.1) is 16.4 Å². The molecule has 2 aliphatic heterocycles. The molecule has 0 unspecified atom stereocenters. The van der Waals surface area contributed by atoms with Crippen molar-refractivity contribution in [3.8, 4) is 39.7 Å². The zero-order chi connectivity index (χ0) is 30.5. The fourth-order valence-electron chi connectivity index (χ4n) is 6.11. The number of nitrogens with zero attached hydrogens (tertiary/aromatic N) is 6. The van der Waals surface area contributed by atoms with E-state index in [4.69, 9.17) is 19.8 Å². The Kier molecular flexibility index (Phi) is 7.26. The molecule has 2 aliphatic rings. The lowest BCUT2D eigenvalue weighted by molar-refractivity contribution is -0.127. The molecule has 5 aromatic rings. The van der Waals surface area contributed by atoms with Crippen LogP contribution in [0.4, 0.5) is 4.39 Å². The number of aromatic nitrogens is 4. The van der Waals surface area contributed by atoms with Gasteiger partial charge in [-0.25, -0.2) is 19.0 Å². The maximum Gasteiger partial charge on any atom is 0.246 e. The SMILES string of the molecule is C=CC(=O)N1CCn2nc(-c3nc(-c4ccc5c(c4)CCN(C)C5)c4ccsc4c3-c3ccc(F)cc3OC(C)C)nc2C1. The lowest BCUT2D eigenvalue weighted by Crippen LogP contribution is -2.37. The lowest BCUT2D eigenvalue weighted by atomic mass is 9.94. The summed E-state index contributed by atoms with van der Waals surface area (Å²) in [7, 11) is 2.15. The Morgan fingerprint density at radius 3 is 2.73 bits per heavy atom. The molecule has 3 aromatic heterocycles. The highest BCUT2D eigenvalue weighted by Gasteiger charge is 2.28. The van der Waals surface area contributed by atoms with Gasteiger partial charge in [0.25, 0.3) is 0 Å². The molecule has 0 saturated heterocycles. The number of pyridine rings is 1. The summed E-state index contributed by atoms with van der Waals surface area (Å²) in [4.78, 5) is 26.7. The minimum absolute atomic E-state index is 0.137. The van der Waals surface area contributed by atoms with Crippen molar-refractivity contribution >= 4 is 27.3 Å². The average molecular weight is 609 g/mol. The summed E-state index contributed by atoms with van der Waals surface area (Å²) in [5.41, 5.74) is 6.69. The van der Waals surface area contributed by atoms with Gasteiger partial charge < -0.3 is 14.5 Å². The quantitative estimate of drug-likeness (QED) is 0.210. The molecule has 44 heavy (non-hydrogen) atoms. The summed E-state index contributed by atoms with van der Waals surface area (Å²) in [6, 6.07) is 13.3. The second kappa shape index (κ2) is 11.3. The van der Waals surface area contributed by atoms with Gasteiger partial charge in [0.2, 0.25) is 11.7 Å². The summed E-state index contributed by atoms with van der Waals surface area (Å²) in [6.45, 7) is 10.8. The van der Waals surface area contributed by atoms with Crippen LogP contribution < -0.4 is 4.74 Å². The van der Waals surface area contributed by atoms with Crippen LogP contribution in [0.3, 0.4) is 0 Å². The summed E-state index contributed by atoms with van der Waals surface area (Å²) in [6.07, 6.45) is 2.15. The van der Waals surface area contributed by atoms with Crippen LogP contribution in [0.2, 0.25) is 0 Å². The second-order valence-electron chi connectivity index (χ2n) is 11.7. The molecular formula is C34H33FN6O2S. The zero-order valence-electron chi connectivity index (χ0n) is 25.0. The number of fused-ring (bicyclic) bond motifs is 3. The molecule has 0 N–H and O–H groups in total. The fraction of sp³-hybridized carbons (Fsp3) is 0.294. The Balaban J connectivity index is 1.46. The molecule has 10 heteroatoms. The standard InChI is InChI=1S/C34H33FN6O2S/c1-5-29(42)40-13-14-41-28(19-40)36-34(38-41)32-30(25-9-8-24(35)17-27(25)43-20(2)3)33-26(11-15-44-33)31(37-32)22-6-7-23-18-39(4)12-10-21(23)16-22/h5-9,11,15-17,20H,1,10,12-14,18-19H2,2-4H3. The molecule has 1 amide bonds. The van der Waals surface area contributed by atoms with Crippen molar-refractivity contribution in [1.82, 2.24) is 29.5 Å². The number of hydrogen-bond acceptors (Lipinski definition) is 7. The summed E-state index contributed by atoms with van der Waals surface area (Å²) in [5.74, 6) is 1.06. The summed E-state index contributed by atoms with van der Waals surface area (Å²) in [5, 5.41) is 7.97. The van der Waals surface area contributed by atoms with Crippen molar-refractivity contribution in [2.45, 2.75) is 46.0 Å². The Labute approximate surface area is 259 Å². The third kappa shape index (κ3) is 5.07. The Hall–Kier alpha value is -4.41. The molecule has 0 atom stereocenters. The highest BCUT2D eigenvalue weighted by molar-refractivity contribution is 7.18. The fourth-order valence-corrected chi connectivity index (χ4v) is 7.06. The van der Waals surface area contributed by atoms with Gasteiger partial charge in [0.05, 0.1) is 24.9 Å². The number of thiophene rings is 1. The molecule has 0 spiro atoms. The van der Waals surface area contributed by atoms with Gasteiger partial charge in [-0.2, -0.15) is 0 Å². The van der Waals surface area contributed by atoms with Gasteiger partial charge in [-0.05, 0) is 74.2 Å². The topological polar surface area (TPSA) is 76.4 Å². The third-order valence-electron chi connectivity index (χ3n) is 8.23. The molecule has 0 bridgehead atoms. The smallest absolute Gasteiger partial charge is 0.246 e. The molecule has 0 aliphatic carbocycles. The number of halogens is 1. The van der Waals surface area contributed by atoms with E-state index in [0.717, 1.165) is 52.0 Å². The molecule has 5 heterocycles. The van der Waals surface area contributed by atoms with E-state index in [9.17, 15) is 9.18 Å². The van der Waals surface area contributed by atoms with Crippen molar-refractivity contribution in [3.63, 3.8) is 0 Å². The minimum Gasteiger partial charge on any atom is -0.490 e. The number of rotatable bonds is 6. The first-order valence-corrected chi connectivity index (χ1v) is 15.7. The predicted molar refractivity (Wildman–Crippen MR) is 171 cm³/mol. The van der Waals surface area contributed by atoms with Crippen LogP contribution in [-0.4, -0.2) is 61.7 Å². The Bertz CT molecular complexity index is 1930. The van der Waals surface area contributed by atoms with E-state index in [1.165, 1.54) is 29.3 Å². The normalized spacial score (nSPS) is 15.0. The molecule has 0 fully saturated rings. The lowest BCUT2D eigenvalue weighted by Gasteiger charge is -2.25. The maximum absolute atomic E-state index is 14.6. The second-order valence-corrected chi connectivity index (χ2v) is 12.6. The van der Waals surface area contributed by atoms with Gasteiger partial charge in [0.1, 0.15) is 23.1 Å². The van der Waals surface area contributed by atoms with E-state index in [1.807, 2.05) is 18.5 Å². The highest BCUT2D eigenvalue weighted by atomic mass is 32.1. The van der Waals surface area contributed by atoms with Crippen molar-refractivity contribution in [2.75, 3.05) is 20.1 Å². The number of ether oxygens (including phenoxy) is 1. The molecule has 0 saturated carbocycles. The molecule has 7 rings (SSSR count). The van der Waals surface area contributed by atoms with E-state index < -0.39 is 0 Å². The molecular weight excluding hydrogens is 575 g/mol. The number of carbonyl (C=O) groups is 1. The first kappa shape index (κ1) is 28.4. The molecule has 2 aromatic carbocycles. The summed E-state index contributed by atoms with van der Waals surface area (Å²) >= 11 is 1.61. The van der Waals surface area contributed by atoms with E-state index >= 15 is 0 Å². The highest BCUT2D eigenvalue weighted by Crippen LogP contribution is 2.46. The van der Waals surface area contributed by atoms with Crippen molar-refractivity contribution in [1.29, 1.82) is 0 Å². The largest absolute Gasteiger partial charge is 0.490 e. The van der Waals surface area contributed by atoms with Crippen molar-refractivity contribution in [2.24, 2.45) is 0 Å². The van der Waals surface area contributed by atoms with Gasteiger partial charge in [-0.1, -0.05) is 18.7 Å². The van der Waals surface area contributed by atoms with Crippen molar-refractivity contribution in [3.05, 3.63) is 83.3 Å². The van der Waals surface area contributed by atoms with E-state index in [0.29, 0.717) is 42.7 Å². The van der Waals surface area contributed by atoms with E-state index in [1.54, 1.807) is 22.3 Å². The number of amides is 1. The Morgan fingerprint density at radius 2 is 1.91 bits per heavy atom. The average Bonchev–Trinajstić information content (AvgIpc) is 3.67. The minimum atomic E-state index is -0.375. The zero-order valence-corrected chi connectivity index (χ0v) is 25.8. The predicted octanol–water partition coefficient (Wildman–Crippen LogP) is 6.33. The van der Waals surface area contributed by atoms with E-state index in [-0.39, 0.29) is 17.8 Å². The summed E-state index contributed by atoms with van der Waals surface area (Å²) < 4.78 is 23.6. The molecule has 8 nitrogen and oxygen atoms in total. The number of carbonyl (C=O) groups excluding carboxylic acids is 1. The van der Waals surface area contributed by atoms with Crippen LogP contribution in [-0.2, 0) is 30.8 Å². The van der Waals surface area contributed by atoms with Crippen LogP contribution in [0.1, 0.15) is 30.8 Å². The van der Waals surface area contributed by atoms with Gasteiger partial charge >= 0.3 is 0 Å². The first-order valence-electron chi connectivity index (χ1n) is 14.8. The van der Waals surface area contributed by atoms with E-state index in [2.05, 4.69) is 48.2 Å². The third-order valence-corrected chi connectivity index (χ3v) is 9.16. The molecule has 0 radical (unpaired) electrons. The van der Waals surface area contributed by atoms with Crippen molar-refractivity contribution < 1.29 is 13.9 Å². The number of benzene rings is 2. The van der Waals surface area contributed by atoms with Gasteiger partial charge in [0.15, 0.2) is 0 Å². The Morgan fingerprint density at radius 1 is 1.05 bits per heavy atom. The van der Waals surface area contributed by atoms with Crippen LogP contribution in [0.15, 0.2) is 60.5 Å². The number of hydrogen-bond donors (Lipinski definition) is 0. The van der Waals surface area contributed by atoms with Crippen LogP contribution in [0.5, 0.6) is 5.75 Å². The maximum atomic E-state index is 14.6. The van der Waals surface area contributed by atoms with Gasteiger partial charge in [-0.3, -0.25) is 4.79 Å². The number of likely N-dealkylation sites (N-methyl/N-ethyl adjacent to an activating group) is 1. The van der Waals surface area contributed by atoms with Crippen LogP contribution >= 0.6 is 11.3 Å². The van der Waals surface area contributed by atoms with Crippen LogP contribution in [0, 0.1) is 5.82 Å². The monoisotopic (exact) mass is 608 g/mol. The molecule has 224 valence electrons. The first-order chi connectivity index (χ1) is 21.3.